The highest BCUT2D eigenvalue weighted by Crippen LogP contribution is 2.38. The van der Waals surface area contributed by atoms with Crippen LogP contribution in [0, 0.1) is 0 Å². The van der Waals surface area contributed by atoms with E-state index in [-0.39, 0.29) is 40.3 Å². The summed E-state index contributed by atoms with van der Waals surface area (Å²) in [5.41, 5.74) is 4.07. The number of aliphatic hydroxyl groups is 2. The summed E-state index contributed by atoms with van der Waals surface area (Å²) < 4.78 is 25.0. The van der Waals surface area contributed by atoms with Crippen LogP contribution >= 0.6 is 15.2 Å². The topological polar surface area (TPSA) is 271 Å². The molecule has 0 bridgehead atoms. The van der Waals surface area contributed by atoms with E-state index in [0.717, 1.165) is 0 Å². The smallest absolute Gasteiger partial charge is 0.379 e. The van der Waals surface area contributed by atoms with Gasteiger partial charge in [-0.25, -0.2) is 0 Å². The molecule has 0 fully saturated rings. The standard InChI is InChI=1S/C26H43N3O12P2/c1-17(19-7-5-9-21(32)24(19)34)28(15-42(36,37)38)23(13-30)26(14-31,11-3-4-12-27)29(16-43(39,40)41)18(2)20-8-6-10-22(33)25(20)35/h5-10,17-18,23,30-35H,3-4,11-16,27H2,1-2H3,(H2,36,37,38)(H2,39,40,41)/p+2. The number of para-hydroxylation sites is 2. The van der Waals surface area contributed by atoms with Crippen molar-refractivity contribution in [2.45, 2.75) is 56.8 Å². The number of rotatable bonds is 17. The molecule has 15 nitrogen and oxygen atoms in total. The molecular formula is C26H45N3O12P2+2. The molecule has 0 radical (unpaired) electrons. The summed E-state index contributed by atoms with van der Waals surface area (Å²) in [5.74, 6) is -2.13. The van der Waals surface area contributed by atoms with Crippen LogP contribution in [0.2, 0.25) is 0 Å². The van der Waals surface area contributed by atoms with E-state index < -0.39 is 87.6 Å². The lowest BCUT2D eigenvalue weighted by atomic mass is 9.80. The fraction of sp³-hybridized carbons (Fsp3) is 0.538. The Morgan fingerprint density at radius 2 is 1.28 bits per heavy atom. The second-order valence-electron chi connectivity index (χ2n) is 10.9. The molecule has 14 N–H and O–H groups in total. The lowest BCUT2D eigenvalue weighted by Crippen LogP contribution is -3.30. The molecular weight excluding hydrogens is 608 g/mol. The van der Waals surface area contributed by atoms with Crippen LogP contribution in [0.25, 0.3) is 0 Å². The maximum Gasteiger partial charge on any atom is 0.379 e. The van der Waals surface area contributed by atoms with Gasteiger partial charge in [0.05, 0.1) is 11.1 Å². The lowest BCUT2D eigenvalue weighted by Gasteiger charge is -2.49. The first kappa shape index (κ1) is 36.9. The van der Waals surface area contributed by atoms with Crippen LogP contribution < -0.4 is 15.5 Å². The molecule has 43 heavy (non-hydrogen) atoms. The molecule has 17 heteroatoms. The van der Waals surface area contributed by atoms with Gasteiger partial charge in [-0.15, -0.1) is 0 Å². The fourth-order valence-electron chi connectivity index (χ4n) is 6.00. The number of nitrogens with one attached hydrogen (secondary N) is 2. The van der Waals surface area contributed by atoms with E-state index in [9.17, 15) is 59.3 Å². The summed E-state index contributed by atoms with van der Waals surface area (Å²) in [4.78, 5) is 40.5. The molecule has 0 aromatic heterocycles. The quantitative estimate of drug-likeness (QED) is 0.0532. The number of unbranched alkanes of at least 4 members (excludes halogenated alkanes) is 1. The van der Waals surface area contributed by atoms with Gasteiger partial charge in [-0.3, -0.25) is 9.13 Å². The summed E-state index contributed by atoms with van der Waals surface area (Å²) in [7, 11) is -9.82. The van der Waals surface area contributed by atoms with Gasteiger partial charge >= 0.3 is 15.2 Å². The fourth-order valence-corrected chi connectivity index (χ4v) is 8.00. The van der Waals surface area contributed by atoms with Gasteiger partial charge < -0.3 is 65.7 Å². The van der Waals surface area contributed by atoms with Crippen molar-refractivity contribution in [3.05, 3.63) is 47.5 Å². The summed E-state index contributed by atoms with van der Waals surface area (Å²) in [6, 6.07) is 4.61. The predicted molar refractivity (Wildman–Crippen MR) is 156 cm³/mol. The Morgan fingerprint density at radius 1 is 0.791 bits per heavy atom. The number of aromatic hydroxyl groups is 4. The van der Waals surface area contributed by atoms with E-state index in [4.69, 9.17) is 5.73 Å². The lowest BCUT2D eigenvalue weighted by molar-refractivity contribution is -1.03. The van der Waals surface area contributed by atoms with E-state index in [1.54, 1.807) is 0 Å². The first-order chi connectivity index (χ1) is 19.9. The highest BCUT2D eigenvalue weighted by Gasteiger charge is 2.57. The predicted octanol–water partition coefficient (Wildman–Crippen LogP) is -1.41. The number of phenols is 4. The molecule has 6 unspecified atom stereocenters. The second-order valence-corrected chi connectivity index (χ2v) is 14.2. The van der Waals surface area contributed by atoms with Gasteiger partial charge in [0.15, 0.2) is 47.2 Å². The first-order valence-corrected chi connectivity index (χ1v) is 17.3. The van der Waals surface area contributed by atoms with Gasteiger partial charge in [-0.1, -0.05) is 12.1 Å². The molecule has 0 saturated heterocycles. The van der Waals surface area contributed by atoms with Crippen molar-refractivity contribution in [2.24, 2.45) is 5.73 Å². The molecule has 0 spiro atoms. The number of phenolic OH excluding ortho intramolecular Hbond substituents is 4. The van der Waals surface area contributed by atoms with Crippen molar-refractivity contribution in [3.8, 4) is 23.0 Å². The average Bonchev–Trinajstić information content (AvgIpc) is 2.92. The molecule has 0 aliphatic rings. The molecule has 244 valence electrons. The van der Waals surface area contributed by atoms with E-state index in [1.807, 2.05) is 0 Å². The van der Waals surface area contributed by atoms with Crippen LogP contribution in [0.15, 0.2) is 36.4 Å². The van der Waals surface area contributed by atoms with E-state index in [1.165, 1.54) is 50.2 Å². The van der Waals surface area contributed by atoms with Gasteiger partial charge in [0.2, 0.25) is 0 Å². The largest absolute Gasteiger partial charge is 0.504 e. The van der Waals surface area contributed by atoms with E-state index in [2.05, 4.69) is 0 Å². The van der Waals surface area contributed by atoms with Crippen LogP contribution in [-0.2, 0) is 9.13 Å². The molecule has 2 rings (SSSR count). The highest BCUT2D eigenvalue weighted by atomic mass is 31.2. The summed E-state index contributed by atoms with van der Waals surface area (Å²) in [6.07, 6.45) is -1.24. The van der Waals surface area contributed by atoms with Crippen LogP contribution in [0.3, 0.4) is 0 Å². The second kappa shape index (κ2) is 15.2. The minimum Gasteiger partial charge on any atom is -0.504 e. The summed E-state index contributed by atoms with van der Waals surface area (Å²) >= 11 is 0. The van der Waals surface area contributed by atoms with E-state index >= 15 is 0 Å². The Morgan fingerprint density at radius 3 is 1.70 bits per heavy atom. The van der Waals surface area contributed by atoms with Crippen LogP contribution in [0.5, 0.6) is 23.0 Å². The highest BCUT2D eigenvalue weighted by molar-refractivity contribution is 7.51. The number of hydrogen-bond acceptors (Lipinski definition) is 9. The molecule has 6 atom stereocenters. The summed E-state index contributed by atoms with van der Waals surface area (Å²) in [6.45, 7) is 1.51. The maximum atomic E-state index is 12.6. The zero-order chi connectivity index (χ0) is 32.8. The molecule has 0 aliphatic heterocycles. The zero-order valence-corrected chi connectivity index (χ0v) is 25.9. The zero-order valence-electron chi connectivity index (χ0n) is 24.1. The third-order valence-corrected chi connectivity index (χ3v) is 9.69. The molecule has 0 saturated carbocycles. The Labute approximate surface area is 249 Å². The number of benzene rings is 2. The average molecular weight is 654 g/mol. The minimum atomic E-state index is -4.92. The number of hydrogen-bond donors (Lipinski definition) is 13. The van der Waals surface area contributed by atoms with Crippen LogP contribution in [0.4, 0.5) is 0 Å². The third kappa shape index (κ3) is 9.13. The number of quaternary nitrogens is 2. The van der Waals surface area contributed by atoms with Gasteiger partial charge in [0.1, 0.15) is 25.3 Å². The van der Waals surface area contributed by atoms with Crippen LogP contribution in [0.1, 0.15) is 56.3 Å². The van der Waals surface area contributed by atoms with Crippen molar-refractivity contribution in [1.29, 1.82) is 0 Å². The monoisotopic (exact) mass is 653 g/mol. The molecule has 0 amide bonds. The minimum absolute atomic E-state index is 0.0316. The maximum absolute atomic E-state index is 12.6. The third-order valence-electron chi connectivity index (χ3n) is 8.16. The Balaban J connectivity index is 2.92. The molecule has 2 aromatic rings. The van der Waals surface area contributed by atoms with E-state index in [0.29, 0.717) is 6.42 Å². The van der Waals surface area contributed by atoms with Gasteiger partial charge in [0, 0.05) is 6.42 Å². The molecule has 0 aliphatic carbocycles. The van der Waals surface area contributed by atoms with Gasteiger partial charge in [-0.05, 0) is 57.5 Å². The first-order valence-electron chi connectivity index (χ1n) is 13.7. The van der Waals surface area contributed by atoms with Crippen molar-refractivity contribution >= 4 is 15.2 Å². The van der Waals surface area contributed by atoms with Crippen LogP contribution in [-0.4, -0.2) is 94.1 Å². The van der Waals surface area contributed by atoms with Gasteiger partial charge in [0.25, 0.3) is 0 Å². The van der Waals surface area contributed by atoms with Crippen molar-refractivity contribution < 1.29 is 69.1 Å². The SMILES string of the molecule is CC(c1cccc(O)c1O)[NH+](CP(=O)(O)O)C(CO)C(CO)(CCCCN)[NH+](CP(=O)(O)O)C(C)c1cccc(O)c1O. The Hall–Kier alpha value is -2.26. The number of nitrogens with two attached hydrogens (primary N) is 1. The normalized spacial score (nSPS) is 17.5. The van der Waals surface area contributed by atoms with Crippen molar-refractivity contribution in [3.63, 3.8) is 0 Å². The van der Waals surface area contributed by atoms with Crippen molar-refractivity contribution in [1.82, 2.24) is 0 Å². The van der Waals surface area contributed by atoms with Gasteiger partial charge in [-0.2, -0.15) is 0 Å². The molecule has 2 aromatic carbocycles. The number of aliphatic hydroxyl groups excluding tert-OH is 2. The molecule has 0 heterocycles. The summed E-state index contributed by atoms with van der Waals surface area (Å²) in [5, 5.41) is 63.6. The van der Waals surface area contributed by atoms with Crippen molar-refractivity contribution in [2.75, 3.05) is 32.3 Å². The Kier molecular flexibility index (Phi) is 13.0. The Bertz CT molecular complexity index is 1310.